The molecular weight excluding hydrogens is 324 g/mol. The Kier molecular flexibility index (Phi) is 5.20. The third-order valence-electron chi connectivity index (χ3n) is 5.31. The molecule has 6 nitrogen and oxygen atoms in total. The second-order valence-electron chi connectivity index (χ2n) is 7.25. The lowest BCUT2D eigenvalue weighted by molar-refractivity contribution is 0.313. The van der Waals surface area contributed by atoms with E-state index in [-0.39, 0.29) is 0 Å². The van der Waals surface area contributed by atoms with Crippen LogP contribution in [0.5, 0.6) is 0 Å². The van der Waals surface area contributed by atoms with E-state index in [1.54, 1.807) is 0 Å². The molecule has 0 unspecified atom stereocenters. The molecular formula is C20H28N6. The van der Waals surface area contributed by atoms with Gasteiger partial charge in [-0.25, -0.2) is 4.98 Å². The van der Waals surface area contributed by atoms with Gasteiger partial charge in [0.2, 0.25) is 5.95 Å². The van der Waals surface area contributed by atoms with Crippen LogP contribution < -0.4 is 15.1 Å². The molecule has 0 amide bonds. The Morgan fingerprint density at radius 1 is 0.808 bits per heavy atom. The van der Waals surface area contributed by atoms with Crippen molar-refractivity contribution in [3.05, 3.63) is 36.5 Å². The molecule has 0 spiro atoms. The fraction of sp³-hybridized carbons (Fsp3) is 0.500. The summed E-state index contributed by atoms with van der Waals surface area (Å²) in [5, 5.41) is 3.34. The van der Waals surface area contributed by atoms with E-state index in [2.05, 4.69) is 56.3 Å². The summed E-state index contributed by atoms with van der Waals surface area (Å²) in [6.45, 7) is 6.61. The van der Waals surface area contributed by atoms with E-state index in [4.69, 9.17) is 4.98 Å². The molecule has 1 aromatic carbocycles. The Morgan fingerprint density at radius 3 is 2.27 bits per heavy atom. The van der Waals surface area contributed by atoms with Crippen LogP contribution in [0, 0.1) is 0 Å². The van der Waals surface area contributed by atoms with Gasteiger partial charge in [0.15, 0.2) is 0 Å². The minimum Gasteiger partial charge on any atom is -0.369 e. The maximum absolute atomic E-state index is 4.70. The largest absolute Gasteiger partial charge is 0.369 e. The van der Waals surface area contributed by atoms with Crippen molar-refractivity contribution in [2.45, 2.75) is 19.3 Å². The van der Waals surface area contributed by atoms with E-state index in [1.165, 1.54) is 24.9 Å². The summed E-state index contributed by atoms with van der Waals surface area (Å²) in [6, 6.07) is 10.6. The maximum Gasteiger partial charge on any atom is 0.229 e. The first-order valence-electron chi connectivity index (χ1n) is 9.66. The number of hydrogen-bond donors (Lipinski definition) is 1. The van der Waals surface area contributed by atoms with Crippen LogP contribution in [0.15, 0.2) is 36.5 Å². The first kappa shape index (κ1) is 17.1. The summed E-state index contributed by atoms with van der Waals surface area (Å²) in [7, 11) is 2.18. The zero-order valence-electron chi connectivity index (χ0n) is 15.6. The van der Waals surface area contributed by atoms with Crippen LogP contribution in [0.25, 0.3) is 0 Å². The van der Waals surface area contributed by atoms with Crippen molar-refractivity contribution >= 4 is 23.1 Å². The van der Waals surface area contributed by atoms with Crippen molar-refractivity contribution in [3.8, 4) is 0 Å². The van der Waals surface area contributed by atoms with Gasteiger partial charge in [-0.05, 0) is 56.6 Å². The highest BCUT2D eigenvalue weighted by Gasteiger charge is 2.15. The molecule has 0 saturated carbocycles. The number of anilines is 4. The summed E-state index contributed by atoms with van der Waals surface area (Å²) < 4.78 is 0. The number of hydrogen-bond acceptors (Lipinski definition) is 6. The lowest BCUT2D eigenvalue weighted by Crippen LogP contribution is -2.44. The Balaban J connectivity index is 1.41. The molecule has 2 aromatic rings. The topological polar surface area (TPSA) is 47.5 Å². The molecule has 4 rings (SSSR count). The summed E-state index contributed by atoms with van der Waals surface area (Å²) in [4.78, 5) is 16.3. The molecule has 0 radical (unpaired) electrons. The number of rotatable bonds is 4. The Morgan fingerprint density at radius 2 is 1.54 bits per heavy atom. The van der Waals surface area contributed by atoms with Gasteiger partial charge in [-0.15, -0.1) is 0 Å². The molecule has 26 heavy (non-hydrogen) atoms. The number of aromatic nitrogens is 2. The van der Waals surface area contributed by atoms with E-state index >= 15 is 0 Å². The minimum atomic E-state index is 0.667. The fourth-order valence-corrected chi connectivity index (χ4v) is 3.66. The molecule has 2 aliphatic heterocycles. The van der Waals surface area contributed by atoms with Gasteiger partial charge >= 0.3 is 0 Å². The predicted octanol–water partition coefficient (Wildman–Crippen LogP) is 2.96. The Bertz CT molecular complexity index is 702. The van der Waals surface area contributed by atoms with Crippen molar-refractivity contribution in [1.29, 1.82) is 0 Å². The Labute approximate surface area is 155 Å². The zero-order chi connectivity index (χ0) is 17.8. The molecule has 1 N–H and O–H groups in total. The van der Waals surface area contributed by atoms with Gasteiger partial charge in [0, 0.05) is 56.8 Å². The van der Waals surface area contributed by atoms with E-state index in [0.717, 1.165) is 50.8 Å². The smallest absolute Gasteiger partial charge is 0.229 e. The third kappa shape index (κ3) is 4.07. The number of nitrogens with zero attached hydrogens (tertiary/aromatic N) is 5. The van der Waals surface area contributed by atoms with Gasteiger partial charge in [-0.2, -0.15) is 4.98 Å². The van der Waals surface area contributed by atoms with E-state index in [0.29, 0.717) is 5.95 Å². The Hall–Kier alpha value is -2.34. The molecule has 0 bridgehead atoms. The fourth-order valence-electron chi connectivity index (χ4n) is 3.66. The van der Waals surface area contributed by atoms with Crippen LogP contribution in [0.3, 0.4) is 0 Å². The molecule has 3 heterocycles. The number of nitrogens with one attached hydrogen (secondary N) is 1. The van der Waals surface area contributed by atoms with E-state index in [9.17, 15) is 0 Å². The van der Waals surface area contributed by atoms with Crippen molar-refractivity contribution in [2.75, 3.05) is 61.4 Å². The predicted molar refractivity (Wildman–Crippen MR) is 108 cm³/mol. The van der Waals surface area contributed by atoms with Gasteiger partial charge in [0.1, 0.15) is 5.82 Å². The van der Waals surface area contributed by atoms with Crippen LogP contribution in [0.1, 0.15) is 19.3 Å². The quantitative estimate of drug-likeness (QED) is 0.913. The van der Waals surface area contributed by atoms with Crippen LogP contribution in [0.4, 0.5) is 23.1 Å². The highest BCUT2D eigenvalue weighted by atomic mass is 15.2. The van der Waals surface area contributed by atoms with Crippen molar-refractivity contribution in [1.82, 2.24) is 14.9 Å². The van der Waals surface area contributed by atoms with Crippen LogP contribution in [-0.2, 0) is 0 Å². The number of benzene rings is 1. The third-order valence-corrected chi connectivity index (χ3v) is 5.31. The second kappa shape index (κ2) is 7.91. The van der Waals surface area contributed by atoms with Crippen molar-refractivity contribution < 1.29 is 0 Å². The lowest BCUT2D eigenvalue weighted by atomic mass is 10.1. The normalized spacial score (nSPS) is 18.8. The van der Waals surface area contributed by atoms with E-state index < -0.39 is 0 Å². The SMILES string of the molecule is CN1CCN(c2ccc(Nc3nccc(N4CCCCC4)n3)cc2)CC1. The molecule has 2 saturated heterocycles. The number of piperazine rings is 1. The first-order valence-corrected chi connectivity index (χ1v) is 9.66. The summed E-state index contributed by atoms with van der Waals surface area (Å²) >= 11 is 0. The minimum absolute atomic E-state index is 0.667. The van der Waals surface area contributed by atoms with Crippen LogP contribution >= 0.6 is 0 Å². The number of likely N-dealkylation sites (N-methyl/N-ethyl adjacent to an activating group) is 1. The molecule has 0 aliphatic carbocycles. The average Bonchev–Trinajstić information content (AvgIpc) is 2.70. The highest BCUT2D eigenvalue weighted by molar-refractivity contribution is 5.60. The number of piperidine rings is 1. The van der Waals surface area contributed by atoms with Crippen LogP contribution in [-0.4, -0.2) is 61.2 Å². The molecule has 138 valence electrons. The van der Waals surface area contributed by atoms with Crippen LogP contribution in [0.2, 0.25) is 0 Å². The summed E-state index contributed by atoms with van der Waals surface area (Å²) in [5.74, 6) is 1.69. The second-order valence-corrected chi connectivity index (χ2v) is 7.25. The molecule has 2 fully saturated rings. The summed E-state index contributed by atoms with van der Waals surface area (Å²) in [5.41, 5.74) is 2.31. The highest BCUT2D eigenvalue weighted by Crippen LogP contribution is 2.22. The van der Waals surface area contributed by atoms with Crippen molar-refractivity contribution in [2.24, 2.45) is 0 Å². The maximum atomic E-state index is 4.70. The van der Waals surface area contributed by atoms with Gasteiger partial charge in [-0.3, -0.25) is 0 Å². The monoisotopic (exact) mass is 352 g/mol. The standard InChI is InChI=1S/C20H28N6/c1-24-13-15-25(16-14-24)18-7-5-17(6-8-18)22-20-21-10-9-19(23-20)26-11-3-2-4-12-26/h5-10H,2-4,11-16H2,1H3,(H,21,22,23). The van der Waals surface area contributed by atoms with Crippen molar-refractivity contribution in [3.63, 3.8) is 0 Å². The van der Waals surface area contributed by atoms with Gasteiger partial charge in [0.05, 0.1) is 0 Å². The lowest BCUT2D eigenvalue weighted by Gasteiger charge is -2.34. The molecule has 0 atom stereocenters. The summed E-state index contributed by atoms with van der Waals surface area (Å²) in [6.07, 6.45) is 5.67. The molecule has 2 aliphatic rings. The average molecular weight is 352 g/mol. The first-order chi connectivity index (χ1) is 12.8. The molecule has 1 aromatic heterocycles. The van der Waals surface area contributed by atoms with E-state index in [1.807, 2.05) is 12.3 Å². The van der Waals surface area contributed by atoms with Gasteiger partial charge in [-0.1, -0.05) is 0 Å². The molecule has 6 heteroatoms. The zero-order valence-corrected chi connectivity index (χ0v) is 15.6. The van der Waals surface area contributed by atoms with Gasteiger partial charge in [0.25, 0.3) is 0 Å². The van der Waals surface area contributed by atoms with Gasteiger partial charge < -0.3 is 20.0 Å².